The van der Waals surface area contributed by atoms with Gasteiger partial charge in [-0.2, -0.15) is 0 Å². The monoisotopic (exact) mass is 348 g/mol. The van der Waals surface area contributed by atoms with Gasteiger partial charge in [-0.25, -0.2) is 12.8 Å². The van der Waals surface area contributed by atoms with E-state index in [9.17, 15) is 12.8 Å². The van der Waals surface area contributed by atoms with Crippen molar-refractivity contribution in [3.8, 4) is 0 Å². The molecule has 2 aromatic rings. The molecular formula is C13H11Cl2FN2O2S. The molecule has 4 nitrogen and oxygen atoms in total. The van der Waals surface area contributed by atoms with Gasteiger partial charge in [0.15, 0.2) is 0 Å². The summed E-state index contributed by atoms with van der Waals surface area (Å²) in [5.74, 6) is -0.517. The van der Waals surface area contributed by atoms with Gasteiger partial charge in [-0.1, -0.05) is 29.3 Å². The van der Waals surface area contributed by atoms with Crippen LogP contribution in [0.2, 0.25) is 10.0 Å². The van der Waals surface area contributed by atoms with Crippen LogP contribution in [-0.4, -0.2) is 8.42 Å². The van der Waals surface area contributed by atoms with E-state index in [1.807, 2.05) is 0 Å². The summed E-state index contributed by atoms with van der Waals surface area (Å²) in [6.45, 7) is 1.46. The average molecular weight is 349 g/mol. The molecule has 2 aromatic carbocycles. The molecule has 3 N–H and O–H groups in total. The fraction of sp³-hybridized carbons (Fsp3) is 0.0769. The summed E-state index contributed by atoms with van der Waals surface area (Å²) in [4.78, 5) is -0.227. The summed E-state index contributed by atoms with van der Waals surface area (Å²) >= 11 is 11.7. The van der Waals surface area contributed by atoms with E-state index in [0.717, 1.165) is 0 Å². The summed E-state index contributed by atoms with van der Waals surface area (Å²) in [6.07, 6.45) is 0. The van der Waals surface area contributed by atoms with Crippen LogP contribution in [-0.2, 0) is 10.0 Å². The SMILES string of the molecule is Cc1c(F)cccc1NS(=O)(=O)c1ccc(Cl)c(N)c1Cl. The second-order valence-electron chi connectivity index (χ2n) is 4.29. The summed E-state index contributed by atoms with van der Waals surface area (Å²) in [5.41, 5.74) is 5.88. The summed E-state index contributed by atoms with van der Waals surface area (Å²) in [6, 6.07) is 6.65. The molecule has 0 saturated carbocycles. The molecule has 0 atom stereocenters. The molecule has 21 heavy (non-hydrogen) atoms. The van der Waals surface area contributed by atoms with E-state index < -0.39 is 15.8 Å². The third-order valence-corrected chi connectivity index (χ3v) is 5.15. The van der Waals surface area contributed by atoms with Crippen LogP contribution >= 0.6 is 23.2 Å². The second kappa shape index (κ2) is 5.71. The van der Waals surface area contributed by atoms with Crippen LogP contribution in [0.3, 0.4) is 0 Å². The number of nitrogen functional groups attached to an aromatic ring is 1. The van der Waals surface area contributed by atoms with Crippen molar-refractivity contribution in [2.45, 2.75) is 11.8 Å². The number of halogens is 3. The fourth-order valence-electron chi connectivity index (χ4n) is 1.67. The van der Waals surface area contributed by atoms with Crippen LogP contribution in [0.5, 0.6) is 0 Å². The van der Waals surface area contributed by atoms with Crippen molar-refractivity contribution >= 4 is 44.6 Å². The van der Waals surface area contributed by atoms with E-state index in [0.29, 0.717) is 0 Å². The molecule has 0 heterocycles. The van der Waals surface area contributed by atoms with E-state index in [1.54, 1.807) is 0 Å². The first-order chi connectivity index (χ1) is 9.74. The first-order valence-electron chi connectivity index (χ1n) is 5.75. The molecular weight excluding hydrogens is 338 g/mol. The Balaban J connectivity index is 2.49. The zero-order valence-corrected chi connectivity index (χ0v) is 13.2. The number of hydrogen-bond acceptors (Lipinski definition) is 3. The van der Waals surface area contributed by atoms with Gasteiger partial charge in [-0.3, -0.25) is 4.72 Å². The number of nitrogens with one attached hydrogen (secondary N) is 1. The van der Waals surface area contributed by atoms with E-state index in [4.69, 9.17) is 28.9 Å². The van der Waals surface area contributed by atoms with Gasteiger partial charge in [0, 0.05) is 5.56 Å². The molecule has 0 amide bonds. The predicted molar refractivity (Wildman–Crippen MR) is 82.8 cm³/mol. The Kier molecular flexibility index (Phi) is 4.32. The van der Waals surface area contributed by atoms with Crippen molar-refractivity contribution in [3.05, 3.63) is 51.8 Å². The van der Waals surface area contributed by atoms with Crippen molar-refractivity contribution in [2.75, 3.05) is 10.5 Å². The molecule has 0 aliphatic rings. The van der Waals surface area contributed by atoms with Gasteiger partial charge in [-0.05, 0) is 31.2 Å². The zero-order valence-electron chi connectivity index (χ0n) is 10.8. The van der Waals surface area contributed by atoms with Gasteiger partial charge in [0.25, 0.3) is 10.0 Å². The normalized spacial score (nSPS) is 11.4. The zero-order chi connectivity index (χ0) is 15.8. The van der Waals surface area contributed by atoms with Gasteiger partial charge in [-0.15, -0.1) is 0 Å². The van der Waals surface area contributed by atoms with E-state index >= 15 is 0 Å². The molecule has 0 saturated heterocycles. The Bertz CT molecular complexity index is 810. The first-order valence-corrected chi connectivity index (χ1v) is 7.99. The third kappa shape index (κ3) is 3.07. The first kappa shape index (κ1) is 15.9. The molecule has 0 aliphatic carbocycles. The number of hydrogen-bond donors (Lipinski definition) is 2. The highest BCUT2D eigenvalue weighted by atomic mass is 35.5. The van der Waals surface area contributed by atoms with Crippen LogP contribution in [0.25, 0.3) is 0 Å². The molecule has 2 rings (SSSR count). The lowest BCUT2D eigenvalue weighted by Crippen LogP contribution is -2.15. The molecule has 8 heteroatoms. The lowest BCUT2D eigenvalue weighted by atomic mass is 10.2. The van der Waals surface area contributed by atoms with Gasteiger partial charge in [0.2, 0.25) is 0 Å². The largest absolute Gasteiger partial charge is 0.396 e. The predicted octanol–water partition coefficient (Wildman–Crippen LogP) is 3.82. The maximum Gasteiger partial charge on any atom is 0.263 e. The van der Waals surface area contributed by atoms with Crippen molar-refractivity contribution in [2.24, 2.45) is 0 Å². The van der Waals surface area contributed by atoms with E-state index in [1.165, 1.54) is 37.3 Å². The number of rotatable bonds is 3. The Labute approximate surface area is 131 Å². The minimum Gasteiger partial charge on any atom is -0.396 e. The van der Waals surface area contributed by atoms with Crippen molar-refractivity contribution in [3.63, 3.8) is 0 Å². The maximum atomic E-state index is 13.5. The van der Waals surface area contributed by atoms with Crippen molar-refractivity contribution in [1.82, 2.24) is 0 Å². The number of benzene rings is 2. The quantitative estimate of drug-likeness (QED) is 0.828. The van der Waals surface area contributed by atoms with Crippen LogP contribution in [0.4, 0.5) is 15.8 Å². The Morgan fingerprint density at radius 3 is 2.52 bits per heavy atom. The molecule has 0 unspecified atom stereocenters. The maximum absolute atomic E-state index is 13.5. The van der Waals surface area contributed by atoms with Crippen molar-refractivity contribution in [1.29, 1.82) is 0 Å². The molecule has 0 fully saturated rings. The fourth-order valence-corrected chi connectivity index (χ4v) is 3.56. The van der Waals surface area contributed by atoms with Gasteiger partial charge < -0.3 is 5.73 Å². The smallest absolute Gasteiger partial charge is 0.263 e. The third-order valence-electron chi connectivity index (χ3n) is 2.89. The molecule has 0 radical (unpaired) electrons. The van der Waals surface area contributed by atoms with Gasteiger partial charge in [0.1, 0.15) is 10.7 Å². The number of sulfonamides is 1. The molecule has 0 bridgehead atoms. The Hall–Kier alpha value is -1.50. The minimum absolute atomic E-state index is 0.0304. The number of anilines is 2. The van der Waals surface area contributed by atoms with Crippen molar-refractivity contribution < 1.29 is 12.8 Å². The highest BCUT2D eigenvalue weighted by Crippen LogP contribution is 2.34. The summed E-state index contributed by atoms with van der Waals surface area (Å²) in [7, 11) is -4.01. The Morgan fingerprint density at radius 1 is 1.19 bits per heavy atom. The van der Waals surface area contributed by atoms with Crippen LogP contribution < -0.4 is 10.5 Å². The molecule has 0 spiro atoms. The minimum atomic E-state index is -4.01. The Morgan fingerprint density at radius 2 is 1.86 bits per heavy atom. The van der Waals surface area contributed by atoms with Crippen LogP contribution in [0, 0.1) is 12.7 Å². The van der Waals surface area contributed by atoms with E-state index in [-0.39, 0.29) is 31.9 Å². The highest BCUT2D eigenvalue weighted by molar-refractivity contribution is 7.92. The van der Waals surface area contributed by atoms with Gasteiger partial charge in [0.05, 0.1) is 21.4 Å². The summed E-state index contributed by atoms with van der Waals surface area (Å²) in [5, 5.41) is -0.0232. The van der Waals surface area contributed by atoms with Crippen LogP contribution in [0.15, 0.2) is 35.2 Å². The molecule has 0 aliphatic heterocycles. The average Bonchev–Trinajstić information content (AvgIpc) is 2.41. The summed E-state index contributed by atoms with van der Waals surface area (Å²) < 4.78 is 40.4. The van der Waals surface area contributed by atoms with E-state index in [2.05, 4.69) is 4.72 Å². The highest BCUT2D eigenvalue weighted by Gasteiger charge is 2.21. The standard InChI is InChI=1S/C13H11Cl2FN2O2S/c1-7-9(16)3-2-4-10(7)18-21(19,20)11-6-5-8(14)13(17)12(11)15/h2-6,18H,17H2,1H3. The molecule has 112 valence electrons. The van der Waals surface area contributed by atoms with Gasteiger partial charge >= 0.3 is 0 Å². The number of nitrogens with two attached hydrogens (primary N) is 1. The lowest BCUT2D eigenvalue weighted by molar-refractivity contribution is 0.601. The topological polar surface area (TPSA) is 72.2 Å². The van der Waals surface area contributed by atoms with Crippen LogP contribution in [0.1, 0.15) is 5.56 Å². The molecule has 0 aromatic heterocycles. The lowest BCUT2D eigenvalue weighted by Gasteiger charge is -2.13. The second-order valence-corrected chi connectivity index (χ2v) is 6.73.